The highest BCUT2D eigenvalue weighted by molar-refractivity contribution is 5.06. The van der Waals surface area contributed by atoms with Crippen molar-refractivity contribution in [3.63, 3.8) is 0 Å². The average Bonchev–Trinajstić information content (AvgIpc) is 2.48. The van der Waals surface area contributed by atoms with Crippen LogP contribution in [-0.4, -0.2) is 42.6 Å². The summed E-state index contributed by atoms with van der Waals surface area (Å²) in [7, 11) is 1.52. The van der Waals surface area contributed by atoms with Gasteiger partial charge in [-0.3, -0.25) is 0 Å². The zero-order valence-corrected chi connectivity index (χ0v) is 9.10. The van der Waals surface area contributed by atoms with Gasteiger partial charge in [0.1, 0.15) is 18.0 Å². The second-order valence-corrected chi connectivity index (χ2v) is 4.20. The molecule has 2 heterocycles. The third-order valence-electron chi connectivity index (χ3n) is 2.57. The van der Waals surface area contributed by atoms with Gasteiger partial charge < -0.3 is 24.1 Å². The van der Waals surface area contributed by atoms with E-state index < -0.39 is 30.4 Å². The van der Waals surface area contributed by atoms with Gasteiger partial charge in [-0.2, -0.15) is 0 Å². The Hall–Kier alpha value is -0.620. The molecule has 5 heteroatoms. The van der Waals surface area contributed by atoms with E-state index in [1.807, 2.05) is 0 Å². The van der Waals surface area contributed by atoms with Crippen molar-refractivity contribution in [3.05, 3.63) is 12.3 Å². The predicted molar refractivity (Wildman–Crippen MR) is 50.9 cm³/mol. The van der Waals surface area contributed by atoms with Crippen molar-refractivity contribution in [2.75, 3.05) is 7.11 Å². The van der Waals surface area contributed by atoms with Crippen molar-refractivity contribution in [2.45, 2.75) is 44.2 Å². The predicted octanol–water partition coefficient (Wildman–Crippen LogP) is 0.384. The largest absolute Gasteiger partial charge is 0.464 e. The first-order valence-electron chi connectivity index (χ1n) is 4.86. The summed E-state index contributed by atoms with van der Waals surface area (Å²) in [5.41, 5.74) is 0. The average molecular weight is 216 g/mol. The Kier molecular flexibility index (Phi) is 2.50. The number of hydrogen-bond acceptors (Lipinski definition) is 5. The lowest BCUT2D eigenvalue weighted by atomic mass is 10.0. The summed E-state index contributed by atoms with van der Waals surface area (Å²) in [4.78, 5) is 0. The molecular weight excluding hydrogens is 200 g/mol. The van der Waals surface area contributed by atoms with E-state index >= 15 is 0 Å². The molecule has 0 aliphatic carbocycles. The van der Waals surface area contributed by atoms with E-state index in [4.69, 9.17) is 18.9 Å². The minimum absolute atomic E-state index is 0.254. The van der Waals surface area contributed by atoms with E-state index in [9.17, 15) is 5.11 Å². The van der Waals surface area contributed by atoms with Crippen molar-refractivity contribution in [1.82, 2.24) is 0 Å². The molecule has 2 fully saturated rings. The van der Waals surface area contributed by atoms with Crippen LogP contribution in [0.15, 0.2) is 12.3 Å². The fraction of sp³-hybridized carbons (Fsp3) is 0.800. The molecule has 4 atom stereocenters. The first-order valence-corrected chi connectivity index (χ1v) is 4.86. The van der Waals surface area contributed by atoms with Gasteiger partial charge in [-0.1, -0.05) is 6.58 Å². The van der Waals surface area contributed by atoms with E-state index in [0.29, 0.717) is 0 Å². The molecule has 0 aromatic heterocycles. The van der Waals surface area contributed by atoms with E-state index in [0.717, 1.165) is 0 Å². The molecule has 2 rings (SSSR count). The van der Waals surface area contributed by atoms with Gasteiger partial charge in [-0.05, 0) is 13.8 Å². The third kappa shape index (κ3) is 1.76. The second kappa shape index (κ2) is 3.45. The first kappa shape index (κ1) is 10.9. The summed E-state index contributed by atoms with van der Waals surface area (Å²) in [6.07, 6.45) is -2.35. The van der Waals surface area contributed by atoms with Gasteiger partial charge in [0.25, 0.3) is 0 Å². The van der Waals surface area contributed by atoms with Gasteiger partial charge in [0.05, 0.1) is 0 Å². The zero-order chi connectivity index (χ0) is 11.2. The maximum Gasteiger partial charge on any atom is 0.228 e. The summed E-state index contributed by atoms with van der Waals surface area (Å²) in [6, 6.07) is 0. The maximum atomic E-state index is 9.81. The van der Waals surface area contributed by atoms with Crippen LogP contribution in [0.4, 0.5) is 0 Å². The number of aliphatic hydroxyl groups is 1. The number of rotatable bonds is 1. The molecule has 0 saturated carbocycles. The number of fused-ring (bicyclic) bond motifs is 1. The lowest BCUT2D eigenvalue weighted by Gasteiger charge is -2.35. The molecule has 0 unspecified atom stereocenters. The van der Waals surface area contributed by atoms with Crippen molar-refractivity contribution < 1.29 is 24.1 Å². The molecule has 2 saturated heterocycles. The quantitative estimate of drug-likeness (QED) is 0.687. The van der Waals surface area contributed by atoms with Gasteiger partial charge in [0.2, 0.25) is 6.29 Å². The van der Waals surface area contributed by atoms with Crippen molar-refractivity contribution in [2.24, 2.45) is 0 Å². The van der Waals surface area contributed by atoms with Gasteiger partial charge in [0.15, 0.2) is 11.9 Å². The SMILES string of the molecule is C=C1O[C@H](OC)[C@H]2OC(C)(C)O[C@H]2[C@@H]1O. The molecule has 0 aromatic carbocycles. The van der Waals surface area contributed by atoms with Crippen LogP contribution < -0.4 is 0 Å². The topological polar surface area (TPSA) is 57.2 Å². The fourth-order valence-corrected chi connectivity index (χ4v) is 1.92. The third-order valence-corrected chi connectivity index (χ3v) is 2.57. The number of aliphatic hydroxyl groups excluding tert-OH is 1. The number of ether oxygens (including phenoxy) is 4. The minimum atomic E-state index is -0.872. The molecule has 15 heavy (non-hydrogen) atoms. The van der Waals surface area contributed by atoms with Crippen LogP contribution in [0.25, 0.3) is 0 Å². The molecule has 5 nitrogen and oxygen atoms in total. The number of methoxy groups -OCH3 is 1. The van der Waals surface area contributed by atoms with Crippen molar-refractivity contribution in [3.8, 4) is 0 Å². The van der Waals surface area contributed by atoms with Crippen LogP contribution in [0.5, 0.6) is 0 Å². The molecular formula is C10H16O5. The van der Waals surface area contributed by atoms with E-state index in [-0.39, 0.29) is 5.76 Å². The second-order valence-electron chi connectivity index (χ2n) is 4.20. The normalized spacial score (nSPS) is 43.6. The van der Waals surface area contributed by atoms with Gasteiger partial charge in [-0.25, -0.2) is 0 Å². The highest BCUT2D eigenvalue weighted by Crippen LogP contribution is 2.38. The van der Waals surface area contributed by atoms with Crippen LogP contribution >= 0.6 is 0 Å². The Balaban J connectivity index is 2.22. The van der Waals surface area contributed by atoms with Crippen LogP contribution in [0.1, 0.15) is 13.8 Å². The molecule has 0 bridgehead atoms. The Morgan fingerprint density at radius 2 is 1.93 bits per heavy atom. The summed E-state index contributed by atoms with van der Waals surface area (Å²) in [5.74, 6) is -0.481. The smallest absolute Gasteiger partial charge is 0.228 e. The molecule has 0 amide bonds. The van der Waals surface area contributed by atoms with Crippen molar-refractivity contribution >= 4 is 0 Å². The lowest BCUT2D eigenvalue weighted by molar-refractivity contribution is -0.212. The Morgan fingerprint density at radius 3 is 2.53 bits per heavy atom. The van der Waals surface area contributed by atoms with E-state index in [1.165, 1.54) is 7.11 Å². The Bertz CT molecular complexity index is 275. The molecule has 2 aliphatic rings. The summed E-state index contributed by atoms with van der Waals surface area (Å²) < 4.78 is 21.6. The van der Waals surface area contributed by atoms with Crippen LogP contribution in [0, 0.1) is 0 Å². The van der Waals surface area contributed by atoms with E-state index in [2.05, 4.69) is 6.58 Å². The monoisotopic (exact) mass is 216 g/mol. The standard InChI is InChI=1S/C10H16O5/c1-5-6(11)7-8(9(12-4)13-5)15-10(2,3)14-7/h6-9,11H,1H2,2-4H3/t6-,7+,8+,9+/m1/s1. The van der Waals surface area contributed by atoms with Gasteiger partial charge in [0, 0.05) is 7.11 Å². The van der Waals surface area contributed by atoms with Crippen LogP contribution in [0.3, 0.4) is 0 Å². The molecule has 0 spiro atoms. The maximum absolute atomic E-state index is 9.81. The molecule has 0 radical (unpaired) electrons. The summed E-state index contributed by atoms with van der Waals surface area (Å²) in [6.45, 7) is 7.18. The van der Waals surface area contributed by atoms with Crippen LogP contribution in [-0.2, 0) is 18.9 Å². The van der Waals surface area contributed by atoms with E-state index in [1.54, 1.807) is 13.8 Å². The van der Waals surface area contributed by atoms with Gasteiger partial charge >= 0.3 is 0 Å². The van der Waals surface area contributed by atoms with Gasteiger partial charge in [-0.15, -0.1) is 0 Å². The van der Waals surface area contributed by atoms with Crippen molar-refractivity contribution in [1.29, 1.82) is 0 Å². The first-order chi connectivity index (χ1) is 6.94. The fourth-order valence-electron chi connectivity index (χ4n) is 1.92. The summed E-state index contributed by atoms with van der Waals surface area (Å²) in [5, 5.41) is 9.81. The number of hydrogen-bond donors (Lipinski definition) is 1. The Morgan fingerprint density at radius 1 is 1.33 bits per heavy atom. The summed E-state index contributed by atoms with van der Waals surface area (Å²) >= 11 is 0. The minimum Gasteiger partial charge on any atom is -0.464 e. The lowest BCUT2D eigenvalue weighted by Crippen LogP contribution is -2.50. The zero-order valence-electron chi connectivity index (χ0n) is 9.10. The molecule has 1 N–H and O–H groups in total. The highest BCUT2D eigenvalue weighted by Gasteiger charge is 2.53. The molecule has 2 aliphatic heterocycles. The Labute approximate surface area is 88.6 Å². The molecule has 0 aromatic rings. The van der Waals surface area contributed by atoms with Crippen LogP contribution in [0.2, 0.25) is 0 Å². The highest BCUT2D eigenvalue weighted by atomic mass is 16.8. The molecule has 86 valence electrons.